The van der Waals surface area contributed by atoms with Crippen LogP contribution in [-0.2, 0) is 0 Å². The average molecular weight is 283 g/mol. The van der Waals surface area contributed by atoms with Crippen molar-refractivity contribution in [2.45, 2.75) is 124 Å². The summed E-state index contributed by atoms with van der Waals surface area (Å²) in [5.41, 5.74) is 0. The van der Waals surface area contributed by atoms with Gasteiger partial charge in [-0.05, 0) is 5.92 Å². The molecule has 0 radical (unpaired) electrons. The molecule has 0 fully saturated rings. The molecule has 0 amide bonds. The molecule has 0 heterocycles. The van der Waals surface area contributed by atoms with E-state index in [4.69, 9.17) is 0 Å². The third kappa shape index (κ3) is 14.4. The van der Waals surface area contributed by atoms with E-state index in [1.807, 2.05) is 0 Å². The minimum atomic E-state index is 1.04. The summed E-state index contributed by atoms with van der Waals surface area (Å²) in [4.78, 5) is 0. The molecule has 0 aliphatic heterocycles. The Bertz CT molecular complexity index is 161. The van der Waals surface area contributed by atoms with Crippen LogP contribution < -0.4 is 0 Å². The van der Waals surface area contributed by atoms with Crippen LogP contribution in [-0.4, -0.2) is 0 Å². The maximum Gasteiger partial charge on any atom is -0.0414 e. The van der Waals surface area contributed by atoms with E-state index in [0.29, 0.717) is 0 Å². The molecule has 0 bridgehead atoms. The van der Waals surface area contributed by atoms with Crippen LogP contribution >= 0.6 is 0 Å². The van der Waals surface area contributed by atoms with Gasteiger partial charge in [-0.2, -0.15) is 0 Å². The molecule has 0 aromatic heterocycles. The molecule has 0 aromatic rings. The van der Waals surface area contributed by atoms with E-state index in [0.717, 1.165) is 5.92 Å². The Morgan fingerprint density at radius 1 is 0.400 bits per heavy atom. The second-order valence-corrected chi connectivity index (χ2v) is 6.77. The third-order valence-electron chi connectivity index (χ3n) is 4.63. The molecule has 0 aromatic carbocycles. The highest BCUT2D eigenvalue weighted by molar-refractivity contribution is 4.60. The van der Waals surface area contributed by atoms with Gasteiger partial charge < -0.3 is 0 Å². The molecular weight excluding hydrogens is 240 g/mol. The van der Waals surface area contributed by atoms with E-state index < -0.39 is 0 Å². The second kappa shape index (κ2) is 17.1. The highest BCUT2D eigenvalue weighted by Gasteiger charge is 2.07. The number of hydrogen-bond donors (Lipinski definition) is 0. The van der Waals surface area contributed by atoms with Gasteiger partial charge in [0.05, 0.1) is 0 Å². The Kier molecular flexibility index (Phi) is 17.1. The minimum Gasteiger partial charge on any atom is -0.0654 e. The number of rotatable bonds is 16. The smallest absolute Gasteiger partial charge is 0.0414 e. The highest BCUT2D eigenvalue weighted by atomic mass is 14.1. The molecule has 0 N–H and O–H groups in total. The Labute approximate surface area is 130 Å². The van der Waals surface area contributed by atoms with E-state index in [2.05, 4.69) is 20.8 Å². The van der Waals surface area contributed by atoms with E-state index in [1.165, 1.54) is 103 Å². The summed E-state index contributed by atoms with van der Waals surface area (Å²) in [6.07, 6.45) is 23.3. The van der Waals surface area contributed by atoms with Crippen LogP contribution in [0.4, 0.5) is 0 Å². The van der Waals surface area contributed by atoms with Crippen molar-refractivity contribution >= 4 is 0 Å². The predicted molar refractivity (Wildman–Crippen MR) is 94.4 cm³/mol. The van der Waals surface area contributed by atoms with Crippen molar-refractivity contribution in [3.8, 4) is 0 Å². The molecule has 0 saturated carbocycles. The first-order valence-corrected chi connectivity index (χ1v) is 9.85. The fourth-order valence-corrected chi connectivity index (χ4v) is 3.27. The largest absolute Gasteiger partial charge is 0.0654 e. The lowest BCUT2D eigenvalue weighted by Gasteiger charge is -2.16. The predicted octanol–water partition coefficient (Wildman–Crippen LogP) is 7.90. The Morgan fingerprint density at radius 3 is 1.20 bits per heavy atom. The molecule has 122 valence electrons. The van der Waals surface area contributed by atoms with Crippen LogP contribution in [0.15, 0.2) is 0 Å². The van der Waals surface area contributed by atoms with E-state index in [-0.39, 0.29) is 0 Å². The van der Waals surface area contributed by atoms with Gasteiger partial charge in [0.1, 0.15) is 0 Å². The van der Waals surface area contributed by atoms with E-state index in [9.17, 15) is 0 Å². The summed E-state index contributed by atoms with van der Waals surface area (Å²) in [6, 6.07) is 0. The van der Waals surface area contributed by atoms with Crippen LogP contribution in [0, 0.1) is 5.92 Å². The monoisotopic (exact) mass is 282 g/mol. The summed E-state index contributed by atoms with van der Waals surface area (Å²) in [5, 5.41) is 0. The zero-order valence-corrected chi connectivity index (χ0v) is 14.9. The quantitative estimate of drug-likeness (QED) is 0.252. The third-order valence-corrected chi connectivity index (χ3v) is 4.63. The molecule has 20 heavy (non-hydrogen) atoms. The lowest BCUT2D eigenvalue weighted by atomic mass is 9.90. The van der Waals surface area contributed by atoms with Gasteiger partial charge in [-0.1, -0.05) is 124 Å². The molecule has 0 saturated heterocycles. The summed E-state index contributed by atoms with van der Waals surface area (Å²) < 4.78 is 0. The van der Waals surface area contributed by atoms with Crippen molar-refractivity contribution in [2.24, 2.45) is 5.92 Å². The van der Waals surface area contributed by atoms with Crippen molar-refractivity contribution in [1.82, 2.24) is 0 Å². The highest BCUT2D eigenvalue weighted by Crippen LogP contribution is 2.23. The van der Waals surface area contributed by atoms with Crippen molar-refractivity contribution in [3.63, 3.8) is 0 Å². The normalized spacial score (nSPS) is 12.8. The fraction of sp³-hybridized carbons (Fsp3) is 1.00. The molecular formula is C20H42. The van der Waals surface area contributed by atoms with E-state index in [1.54, 1.807) is 0 Å². The molecule has 0 aliphatic rings. The van der Waals surface area contributed by atoms with Crippen LogP contribution in [0.5, 0.6) is 0 Å². The van der Waals surface area contributed by atoms with Crippen molar-refractivity contribution in [3.05, 3.63) is 0 Å². The zero-order valence-electron chi connectivity index (χ0n) is 14.9. The van der Waals surface area contributed by atoms with Gasteiger partial charge in [0.25, 0.3) is 0 Å². The Balaban J connectivity index is 3.44. The van der Waals surface area contributed by atoms with Gasteiger partial charge in [0.2, 0.25) is 0 Å². The van der Waals surface area contributed by atoms with Crippen LogP contribution in [0.1, 0.15) is 124 Å². The maximum absolute atomic E-state index is 2.36. The zero-order chi connectivity index (χ0) is 14.9. The maximum atomic E-state index is 2.36. The average Bonchev–Trinajstić information content (AvgIpc) is 2.46. The van der Waals surface area contributed by atoms with Crippen molar-refractivity contribution in [2.75, 3.05) is 0 Å². The molecule has 0 nitrogen and oxygen atoms in total. The fourth-order valence-electron chi connectivity index (χ4n) is 3.27. The first kappa shape index (κ1) is 20.0. The Hall–Kier alpha value is 0. The lowest BCUT2D eigenvalue weighted by Crippen LogP contribution is -2.00. The minimum absolute atomic E-state index is 1.04. The van der Waals surface area contributed by atoms with Gasteiger partial charge >= 0.3 is 0 Å². The van der Waals surface area contributed by atoms with Gasteiger partial charge in [-0.25, -0.2) is 0 Å². The topological polar surface area (TPSA) is 0 Å². The summed E-state index contributed by atoms with van der Waals surface area (Å²) in [7, 11) is 0. The van der Waals surface area contributed by atoms with Gasteiger partial charge in [0.15, 0.2) is 0 Å². The number of hydrogen-bond acceptors (Lipinski definition) is 0. The Morgan fingerprint density at radius 2 is 0.800 bits per heavy atom. The second-order valence-electron chi connectivity index (χ2n) is 6.77. The van der Waals surface area contributed by atoms with E-state index >= 15 is 0 Å². The van der Waals surface area contributed by atoms with Gasteiger partial charge in [-0.15, -0.1) is 0 Å². The van der Waals surface area contributed by atoms with Crippen LogP contribution in [0.2, 0.25) is 0 Å². The van der Waals surface area contributed by atoms with Crippen LogP contribution in [0.3, 0.4) is 0 Å². The molecule has 0 spiro atoms. The summed E-state index contributed by atoms with van der Waals surface area (Å²) >= 11 is 0. The molecule has 1 atom stereocenters. The standard InChI is InChI=1S/C20H42/c1-4-7-9-11-12-14-16-19-20(17-6-3)18-15-13-10-8-5-2/h20H,4-19H2,1-3H3. The SMILES string of the molecule is CCCCCCCCCC(CCC)CCCCCCC. The molecule has 0 heteroatoms. The first-order valence-electron chi connectivity index (χ1n) is 9.85. The summed E-state index contributed by atoms with van der Waals surface area (Å²) in [5.74, 6) is 1.04. The van der Waals surface area contributed by atoms with Crippen molar-refractivity contribution < 1.29 is 0 Å². The van der Waals surface area contributed by atoms with Crippen molar-refractivity contribution in [1.29, 1.82) is 0 Å². The number of unbranched alkanes of at least 4 members (excludes halogenated alkanes) is 10. The molecule has 0 rings (SSSR count). The molecule has 1 unspecified atom stereocenters. The van der Waals surface area contributed by atoms with Crippen LogP contribution in [0.25, 0.3) is 0 Å². The van der Waals surface area contributed by atoms with Gasteiger partial charge in [0, 0.05) is 0 Å². The lowest BCUT2D eigenvalue weighted by molar-refractivity contribution is 0.377. The first-order chi connectivity index (χ1) is 9.85. The summed E-state index contributed by atoms with van der Waals surface area (Å²) in [6.45, 7) is 6.96. The molecule has 0 aliphatic carbocycles. The van der Waals surface area contributed by atoms with Gasteiger partial charge in [-0.3, -0.25) is 0 Å².